The van der Waals surface area contributed by atoms with Gasteiger partial charge in [0.05, 0.1) is 24.0 Å². The van der Waals surface area contributed by atoms with Gasteiger partial charge in [0.15, 0.2) is 0 Å². The van der Waals surface area contributed by atoms with Crippen LogP contribution in [0.1, 0.15) is 19.8 Å². The van der Waals surface area contributed by atoms with E-state index in [0.717, 1.165) is 0 Å². The summed E-state index contributed by atoms with van der Waals surface area (Å²) in [6.45, 7) is 4.36. The lowest BCUT2D eigenvalue weighted by molar-refractivity contribution is -0.129. The van der Waals surface area contributed by atoms with Gasteiger partial charge in [-0.3, -0.25) is 9.59 Å². The second kappa shape index (κ2) is 8.58. The zero-order valence-corrected chi connectivity index (χ0v) is 13.5. The van der Waals surface area contributed by atoms with E-state index in [1.54, 1.807) is 0 Å². The van der Waals surface area contributed by atoms with Crippen LogP contribution in [0.3, 0.4) is 0 Å². The molecule has 5 atom stereocenters. The predicted molar refractivity (Wildman–Crippen MR) is 84.6 cm³/mol. The number of amides is 2. The minimum Gasteiger partial charge on any atom is -0.392 e. The first-order chi connectivity index (χ1) is 11.0. The van der Waals surface area contributed by atoms with Crippen LogP contribution in [0.15, 0.2) is 0 Å². The highest BCUT2D eigenvalue weighted by Crippen LogP contribution is 2.12. The van der Waals surface area contributed by atoms with Gasteiger partial charge in [0.2, 0.25) is 11.8 Å². The summed E-state index contributed by atoms with van der Waals surface area (Å²) in [5, 5.41) is 30.9. The number of carbonyl (C=O) groups excluding carboxylic acids is 2. The molecule has 0 saturated carbocycles. The lowest BCUT2D eigenvalue weighted by atomic mass is 9.96. The van der Waals surface area contributed by atoms with Gasteiger partial charge in [-0.1, -0.05) is 0 Å². The second-order valence-corrected chi connectivity index (χ2v) is 6.64. The number of aliphatic hydroxyl groups excluding tert-OH is 2. The van der Waals surface area contributed by atoms with Crippen LogP contribution < -0.4 is 21.3 Å². The Labute approximate surface area is 136 Å². The minimum atomic E-state index is -0.486. The lowest BCUT2D eigenvalue weighted by Gasteiger charge is -2.28. The Bertz CT molecular complexity index is 420. The van der Waals surface area contributed by atoms with Crippen LogP contribution in [0.2, 0.25) is 0 Å². The molecule has 0 aliphatic carbocycles. The first-order valence-corrected chi connectivity index (χ1v) is 8.31. The average Bonchev–Trinajstić information content (AvgIpc) is 2.52. The SMILES string of the molecule is C[C@H](CNC(=O)C1CNCC(O)C1)NC(=O)C1CNCC(O)C1. The molecular formula is C15H28N4O4. The van der Waals surface area contributed by atoms with Gasteiger partial charge in [-0.05, 0) is 19.8 Å². The summed E-state index contributed by atoms with van der Waals surface area (Å²) in [6, 6.07) is -0.188. The molecule has 23 heavy (non-hydrogen) atoms. The van der Waals surface area contributed by atoms with E-state index in [-0.39, 0.29) is 29.7 Å². The van der Waals surface area contributed by atoms with Crippen molar-refractivity contribution in [3.05, 3.63) is 0 Å². The number of rotatable bonds is 5. The van der Waals surface area contributed by atoms with Crippen molar-refractivity contribution < 1.29 is 19.8 Å². The van der Waals surface area contributed by atoms with Crippen molar-refractivity contribution in [1.29, 1.82) is 0 Å². The third-order valence-electron chi connectivity index (χ3n) is 4.37. The first kappa shape index (κ1) is 18.1. The molecule has 2 rings (SSSR count). The molecule has 2 heterocycles. The van der Waals surface area contributed by atoms with E-state index in [1.165, 1.54) is 0 Å². The van der Waals surface area contributed by atoms with Crippen molar-refractivity contribution in [2.24, 2.45) is 11.8 Å². The summed E-state index contributed by atoms with van der Waals surface area (Å²) in [4.78, 5) is 24.2. The van der Waals surface area contributed by atoms with Gasteiger partial charge in [-0.25, -0.2) is 0 Å². The number of β-amino-alcohol motifs (C(OH)–C–C–N with tert-alkyl or cyclic N) is 2. The van der Waals surface area contributed by atoms with Gasteiger partial charge >= 0.3 is 0 Å². The summed E-state index contributed by atoms with van der Waals surface area (Å²) in [6.07, 6.45) is -0.0454. The molecule has 0 radical (unpaired) electrons. The summed E-state index contributed by atoms with van der Waals surface area (Å²) in [5.74, 6) is -0.686. The molecule has 0 aromatic rings. The predicted octanol–water partition coefficient (Wildman–Crippen LogP) is -2.45. The van der Waals surface area contributed by atoms with Crippen molar-refractivity contribution in [3.63, 3.8) is 0 Å². The summed E-state index contributed by atoms with van der Waals surface area (Å²) in [7, 11) is 0. The van der Waals surface area contributed by atoms with Crippen molar-refractivity contribution in [3.8, 4) is 0 Å². The molecule has 2 saturated heterocycles. The minimum absolute atomic E-state index is 0.104. The maximum absolute atomic E-state index is 12.1. The third-order valence-corrected chi connectivity index (χ3v) is 4.37. The van der Waals surface area contributed by atoms with Crippen molar-refractivity contribution in [2.75, 3.05) is 32.7 Å². The maximum Gasteiger partial charge on any atom is 0.224 e. The molecule has 8 heteroatoms. The number of piperidine rings is 2. The molecular weight excluding hydrogens is 300 g/mol. The Hall–Kier alpha value is -1.22. The topological polar surface area (TPSA) is 123 Å². The maximum atomic E-state index is 12.1. The van der Waals surface area contributed by atoms with Gasteiger partial charge in [-0.15, -0.1) is 0 Å². The van der Waals surface area contributed by atoms with Gasteiger partial charge in [0.1, 0.15) is 0 Å². The van der Waals surface area contributed by atoms with Gasteiger partial charge in [0, 0.05) is 38.8 Å². The molecule has 2 fully saturated rings. The Kier molecular flexibility index (Phi) is 6.76. The lowest BCUT2D eigenvalue weighted by Crippen LogP contribution is -2.51. The largest absolute Gasteiger partial charge is 0.392 e. The van der Waals surface area contributed by atoms with E-state index in [0.29, 0.717) is 45.6 Å². The third kappa shape index (κ3) is 5.72. The molecule has 6 N–H and O–H groups in total. The highest BCUT2D eigenvalue weighted by Gasteiger charge is 2.28. The molecule has 0 bridgehead atoms. The summed E-state index contributed by atoms with van der Waals surface area (Å²) < 4.78 is 0. The van der Waals surface area contributed by atoms with Crippen LogP contribution in [0.4, 0.5) is 0 Å². The van der Waals surface area contributed by atoms with E-state index in [4.69, 9.17) is 0 Å². The monoisotopic (exact) mass is 328 g/mol. The molecule has 8 nitrogen and oxygen atoms in total. The molecule has 0 aromatic carbocycles. The number of nitrogens with one attached hydrogen (secondary N) is 4. The highest BCUT2D eigenvalue weighted by atomic mass is 16.3. The molecule has 0 spiro atoms. The molecule has 2 aliphatic rings. The number of hydrogen-bond donors (Lipinski definition) is 6. The quantitative estimate of drug-likeness (QED) is 0.333. The van der Waals surface area contributed by atoms with Gasteiger partial charge in [0.25, 0.3) is 0 Å². The molecule has 132 valence electrons. The normalized spacial score (nSPS) is 32.8. The fourth-order valence-corrected chi connectivity index (χ4v) is 3.05. The molecule has 2 amide bonds. The standard InChI is InChI=1S/C15H28N4O4/c1-9(19-15(23)11-3-13(21)8-17-6-11)4-18-14(22)10-2-12(20)7-16-5-10/h9-13,16-17,20-21H,2-8H2,1H3,(H,18,22)(H,19,23)/t9-,10?,11?,12?,13?/m1/s1. The van der Waals surface area contributed by atoms with Crippen molar-refractivity contribution >= 4 is 11.8 Å². The molecule has 4 unspecified atom stereocenters. The Morgan fingerprint density at radius 1 is 1.00 bits per heavy atom. The van der Waals surface area contributed by atoms with E-state index in [1.807, 2.05) is 6.92 Å². The van der Waals surface area contributed by atoms with E-state index in [9.17, 15) is 19.8 Å². The van der Waals surface area contributed by atoms with Gasteiger partial charge in [-0.2, -0.15) is 0 Å². The first-order valence-electron chi connectivity index (χ1n) is 8.31. The van der Waals surface area contributed by atoms with Crippen LogP contribution in [0.25, 0.3) is 0 Å². The fraction of sp³-hybridized carbons (Fsp3) is 0.867. The Morgan fingerprint density at radius 3 is 2.04 bits per heavy atom. The van der Waals surface area contributed by atoms with E-state index < -0.39 is 12.2 Å². The summed E-state index contributed by atoms with van der Waals surface area (Å²) in [5.41, 5.74) is 0. The van der Waals surface area contributed by atoms with Crippen LogP contribution in [0.5, 0.6) is 0 Å². The zero-order chi connectivity index (χ0) is 16.8. The number of hydrogen-bond acceptors (Lipinski definition) is 6. The Morgan fingerprint density at radius 2 is 1.52 bits per heavy atom. The second-order valence-electron chi connectivity index (χ2n) is 6.64. The average molecular weight is 328 g/mol. The van der Waals surface area contributed by atoms with Crippen molar-refractivity contribution in [2.45, 2.75) is 38.0 Å². The summed E-state index contributed by atoms with van der Waals surface area (Å²) >= 11 is 0. The smallest absolute Gasteiger partial charge is 0.224 e. The van der Waals surface area contributed by atoms with Gasteiger partial charge < -0.3 is 31.5 Å². The zero-order valence-electron chi connectivity index (χ0n) is 13.5. The van der Waals surface area contributed by atoms with Crippen LogP contribution in [0, 0.1) is 11.8 Å². The highest BCUT2D eigenvalue weighted by molar-refractivity contribution is 5.80. The van der Waals surface area contributed by atoms with E-state index in [2.05, 4.69) is 21.3 Å². The number of aliphatic hydroxyl groups is 2. The van der Waals surface area contributed by atoms with Crippen LogP contribution in [-0.4, -0.2) is 73.0 Å². The van der Waals surface area contributed by atoms with Crippen LogP contribution in [-0.2, 0) is 9.59 Å². The van der Waals surface area contributed by atoms with E-state index >= 15 is 0 Å². The Balaban J connectivity index is 1.68. The number of carbonyl (C=O) groups is 2. The van der Waals surface area contributed by atoms with Crippen molar-refractivity contribution in [1.82, 2.24) is 21.3 Å². The van der Waals surface area contributed by atoms with Crippen LogP contribution >= 0.6 is 0 Å². The fourth-order valence-electron chi connectivity index (χ4n) is 3.05. The molecule has 2 aliphatic heterocycles. The molecule has 0 aromatic heterocycles.